The molecule has 5 nitrogen and oxygen atoms in total. The molecular formula is C15H12N4O. The summed E-state index contributed by atoms with van der Waals surface area (Å²) >= 11 is 0. The number of hydrogen-bond donors (Lipinski definition) is 0. The summed E-state index contributed by atoms with van der Waals surface area (Å²) in [5.74, 6) is 1.49. The minimum absolute atomic E-state index is 0.480. The van der Waals surface area contributed by atoms with Crippen LogP contribution in [0.4, 0.5) is 0 Å². The molecule has 0 unspecified atom stereocenters. The van der Waals surface area contributed by atoms with Gasteiger partial charge >= 0.3 is 0 Å². The number of nitriles is 1. The summed E-state index contributed by atoms with van der Waals surface area (Å²) in [5.41, 5.74) is 3.35. The van der Waals surface area contributed by atoms with E-state index in [4.69, 9.17) is 9.78 Å². The van der Waals surface area contributed by atoms with Crippen LogP contribution in [-0.2, 0) is 0 Å². The molecule has 0 spiro atoms. The Morgan fingerprint density at radius 1 is 1.35 bits per heavy atom. The van der Waals surface area contributed by atoms with Crippen LogP contribution >= 0.6 is 0 Å². The summed E-state index contributed by atoms with van der Waals surface area (Å²) in [6.45, 7) is 1.89. The highest BCUT2D eigenvalue weighted by atomic mass is 16.5. The van der Waals surface area contributed by atoms with E-state index in [1.807, 2.05) is 31.2 Å². The van der Waals surface area contributed by atoms with Crippen LogP contribution in [0.3, 0.4) is 0 Å². The predicted octanol–water partition coefficient (Wildman–Crippen LogP) is 3.21. The highest BCUT2D eigenvalue weighted by Crippen LogP contribution is 2.41. The number of aryl methyl sites for hydroxylation is 1. The van der Waals surface area contributed by atoms with Gasteiger partial charge in [0.25, 0.3) is 0 Å². The van der Waals surface area contributed by atoms with Crippen LogP contribution in [0.25, 0.3) is 22.6 Å². The first-order chi connectivity index (χ1) is 9.76. The molecule has 1 aliphatic rings. The molecule has 20 heavy (non-hydrogen) atoms. The number of nitrogens with zero attached hydrogens (tertiary/aromatic N) is 4. The molecule has 0 atom stereocenters. The summed E-state index contributed by atoms with van der Waals surface area (Å²) in [5, 5.41) is 12.9. The van der Waals surface area contributed by atoms with Crippen molar-refractivity contribution in [2.75, 3.05) is 0 Å². The summed E-state index contributed by atoms with van der Waals surface area (Å²) in [7, 11) is 0. The van der Waals surface area contributed by atoms with Crippen molar-refractivity contribution in [1.29, 1.82) is 5.26 Å². The second kappa shape index (κ2) is 3.94. The smallest absolute Gasteiger partial charge is 0.202 e. The third-order valence-corrected chi connectivity index (χ3v) is 3.58. The van der Waals surface area contributed by atoms with Crippen molar-refractivity contribution in [3.8, 4) is 17.7 Å². The molecule has 0 aliphatic heterocycles. The maximum atomic E-state index is 9.00. The molecular weight excluding hydrogens is 252 g/mol. The topological polar surface area (TPSA) is 67.6 Å². The fourth-order valence-electron chi connectivity index (χ4n) is 2.51. The van der Waals surface area contributed by atoms with Gasteiger partial charge in [-0.15, -0.1) is 0 Å². The van der Waals surface area contributed by atoms with Crippen molar-refractivity contribution in [2.24, 2.45) is 0 Å². The number of hydrogen-bond acceptors (Lipinski definition) is 4. The molecule has 0 amide bonds. The normalized spacial score (nSPS) is 14.6. The van der Waals surface area contributed by atoms with Gasteiger partial charge in [0.2, 0.25) is 5.76 Å². The number of imidazole rings is 1. The summed E-state index contributed by atoms with van der Waals surface area (Å²) < 4.78 is 7.56. The largest absolute Gasteiger partial charge is 0.353 e. The highest BCUT2D eigenvalue weighted by Gasteiger charge is 2.29. The van der Waals surface area contributed by atoms with Crippen molar-refractivity contribution >= 4 is 11.0 Å². The molecule has 1 aromatic carbocycles. The Balaban J connectivity index is 1.99. The van der Waals surface area contributed by atoms with Gasteiger partial charge in [0, 0.05) is 12.1 Å². The zero-order valence-electron chi connectivity index (χ0n) is 11.0. The summed E-state index contributed by atoms with van der Waals surface area (Å²) in [6.07, 6.45) is 2.32. The number of benzene rings is 1. The second-order valence-electron chi connectivity index (χ2n) is 5.18. The van der Waals surface area contributed by atoms with E-state index in [1.54, 1.807) is 0 Å². The first-order valence-electron chi connectivity index (χ1n) is 6.62. The van der Waals surface area contributed by atoms with E-state index in [2.05, 4.69) is 20.8 Å². The van der Waals surface area contributed by atoms with E-state index in [0.29, 0.717) is 17.4 Å². The molecule has 2 heterocycles. The lowest BCUT2D eigenvalue weighted by Gasteiger charge is -2.04. The van der Waals surface area contributed by atoms with Crippen LogP contribution < -0.4 is 0 Å². The van der Waals surface area contributed by atoms with Gasteiger partial charge in [-0.2, -0.15) is 5.26 Å². The van der Waals surface area contributed by atoms with Crippen LogP contribution in [-0.4, -0.2) is 14.7 Å². The lowest BCUT2D eigenvalue weighted by molar-refractivity contribution is 0.422. The third kappa shape index (κ3) is 1.62. The molecule has 0 radical (unpaired) electrons. The van der Waals surface area contributed by atoms with E-state index in [-0.39, 0.29) is 0 Å². The van der Waals surface area contributed by atoms with Crippen molar-refractivity contribution in [1.82, 2.24) is 14.7 Å². The summed E-state index contributed by atoms with van der Waals surface area (Å²) in [4.78, 5) is 4.64. The quantitative estimate of drug-likeness (QED) is 0.712. The van der Waals surface area contributed by atoms with Gasteiger partial charge in [0.05, 0.1) is 28.4 Å². The SMILES string of the molecule is Cc1cc(-c2nc3cc(C#N)ccc3n2C2CC2)on1. The minimum Gasteiger partial charge on any atom is -0.353 e. The van der Waals surface area contributed by atoms with Gasteiger partial charge in [-0.25, -0.2) is 4.98 Å². The van der Waals surface area contributed by atoms with Gasteiger partial charge in [0.1, 0.15) is 0 Å². The van der Waals surface area contributed by atoms with Gasteiger partial charge in [0.15, 0.2) is 5.82 Å². The Morgan fingerprint density at radius 3 is 2.85 bits per heavy atom. The lowest BCUT2D eigenvalue weighted by atomic mass is 10.2. The van der Waals surface area contributed by atoms with Gasteiger partial charge in [-0.1, -0.05) is 5.16 Å². The number of fused-ring (bicyclic) bond motifs is 1. The first kappa shape index (κ1) is 11.2. The van der Waals surface area contributed by atoms with E-state index in [1.165, 1.54) is 0 Å². The second-order valence-corrected chi connectivity index (χ2v) is 5.18. The van der Waals surface area contributed by atoms with Gasteiger partial charge < -0.3 is 9.09 Å². The monoisotopic (exact) mass is 264 g/mol. The van der Waals surface area contributed by atoms with E-state index in [9.17, 15) is 0 Å². The fraction of sp³-hybridized carbons (Fsp3) is 0.267. The Labute approximate surface area is 115 Å². The minimum atomic E-state index is 0.480. The van der Waals surface area contributed by atoms with Crippen LogP contribution in [0.1, 0.15) is 30.1 Å². The first-order valence-corrected chi connectivity index (χ1v) is 6.62. The van der Waals surface area contributed by atoms with Crippen molar-refractivity contribution in [3.05, 3.63) is 35.5 Å². The van der Waals surface area contributed by atoms with Crippen LogP contribution in [0.2, 0.25) is 0 Å². The van der Waals surface area contributed by atoms with Crippen LogP contribution in [0.5, 0.6) is 0 Å². The Bertz CT molecular complexity index is 849. The molecule has 0 saturated heterocycles. The average molecular weight is 264 g/mol. The number of rotatable bonds is 2. The van der Waals surface area contributed by atoms with Crippen molar-refractivity contribution < 1.29 is 4.52 Å². The average Bonchev–Trinajstić information content (AvgIpc) is 3.09. The fourth-order valence-corrected chi connectivity index (χ4v) is 2.51. The Kier molecular flexibility index (Phi) is 2.21. The zero-order chi connectivity index (χ0) is 13.7. The third-order valence-electron chi connectivity index (χ3n) is 3.58. The number of aromatic nitrogens is 3. The van der Waals surface area contributed by atoms with E-state index in [0.717, 1.165) is 35.4 Å². The van der Waals surface area contributed by atoms with Crippen molar-refractivity contribution in [2.45, 2.75) is 25.8 Å². The highest BCUT2D eigenvalue weighted by molar-refractivity contribution is 5.81. The standard InChI is InChI=1S/C15H12N4O/c1-9-6-14(20-18-9)15-17-12-7-10(8-16)2-5-13(12)19(15)11-3-4-11/h2,5-7,11H,3-4H2,1H3. The maximum absolute atomic E-state index is 9.00. The molecule has 5 heteroatoms. The zero-order valence-corrected chi connectivity index (χ0v) is 11.0. The molecule has 2 aromatic heterocycles. The van der Waals surface area contributed by atoms with E-state index >= 15 is 0 Å². The Morgan fingerprint density at radius 2 is 2.20 bits per heavy atom. The lowest BCUT2D eigenvalue weighted by Crippen LogP contribution is -1.96. The maximum Gasteiger partial charge on any atom is 0.202 e. The van der Waals surface area contributed by atoms with Crippen LogP contribution in [0, 0.1) is 18.3 Å². The van der Waals surface area contributed by atoms with E-state index < -0.39 is 0 Å². The summed E-state index contributed by atoms with van der Waals surface area (Å²) in [6, 6.07) is 10.1. The molecule has 1 fully saturated rings. The van der Waals surface area contributed by atoms with Crippen LogP contribution in [0.15, 0.2) is 28.8 Å². The molecule has 0 bridgehead atoms. The van der Waals surface area contributed by atoms with Gasteiger partial charge in [-0.3, -0.25) is 0 Å². The Hall–Kier alpha value is -2.61. The molecule has 98 valence electrons. The molecule has 1 aliphatic carbocycles. The molecule has 4 rings (SSSR count). The molecule has 1 saturated carbocycles. The van der Waals surface area contributed by atoms with Gasteiger partial charge in [-0.05, 0) is 38.0 Å². The predicted molar refractivity (Wildman–Crippen MR) is 73.0 cm³/mol. The molecule has 3 aromatic rings. The van der Waals surface area contributed by atoms with Crippen molar-refractivity contribution in [3.63, 3.8) is 0 Å². The molecule has 0 N–H and O–H groups in total.